The summed E-state index contributed by atoms with van der Waals surface area (Å²) in [7, 11) is 0. The van der Waals surface area contributed by atoms with Crippen molar-refractivity contribution in [3.63, 3.8) is 0 Å². The van der Waals surface area contributed by atoms with Gasteiger partial charge in [0.05, 0.1) is 0 Å². The quantitative estimate of drug-likeness (QED) is 0.751. The first kappa shape index (κ1) is 15.9. The topological polar surface area (TPSA) is 74.2 Å². The predicted octanol–water partition coefficient (Wildman–Crippen LogP) is 2.48. The zero-order chi connectivity index (χ0) is 14.4. The third kappa shape index (κ3) is 5.57. The molecule has 3 N–H and O–H groups in total. The van der Waals surface area contributed by atoms with Crippen LogP contribution in [0.5, 0.6) is 0 Å². The van der Waals surface area contributed by atoms with E-state index in [0.717, 1.165) is 6.42 Å². The van der Waals surface area contributed by atoms with Crippen molar-refractivity contribution in [1.29, 1.82) is 0 Å². The van der Waals surface area contributed by atoms with Gasteiger partial charge in [0.25, 0.3) is 0 Å². The third-order valence-corrected chi connectivity index (χ3v) is 3.82. The normalized spacial score (nSPS) is 14.2. The highest BCUT2D eigenvalue weighted by Gasteiger charge is 2.14. The second kappa shape index (κ2) is 7.45. The van der Waals surface area contributed by atoms with Gasteiger partial charge in [0.2, 0.25) is 0 Å². The number of aliphatic hydroxyl groups is 1. The minimum atomic E-state index is -0.279. The number of aliphatic hydroxyl groups excluding tert-OH is 1. The van der Waals surface area contributed by atoms with Gasteiger partial charge in [-0.25, -0.2) is 9.78 Å². The molecule has 0 spiro atoms. The van der Waals surface area contributed by atoms with E-state index in [1.807, 2.05) is 13.8 Å². The van der Waals surface area contributed by atoms with E-state index in [0.29, 0.717) is 11.0 Å². The van der Waals surface area contributed by atoms with Crippen LogP contribution in [0, 0.1) is 11.8 Å². The number of carbonyl (C=O) groups excluding carboxylic acids is 1. The molecule has 1 rings (SSSR count). The first-order valence-electron chi connectivity index (χ1n) is 6.55. The molecule has 0 bridgehead atoms. The van der Waals surface area contributed by atoms with Gasteiger partial charge >= 0.3 is 6.03 Å². The SMILES string of the molecule is CC(C)Cc1cnc(NC(=O)N[C@@H](C)[C@H](C)CO)s1. The van der Waals surface area contributed by atoms with Crippen molar-refractivity contribution in [1.82, 2.24) is 10.3 Å². The average Bonchev–Trinajstić information content (AvgIpc) is 2.73. The molecule has 0 aliphatic rings. The highest BCUT2D eigenvalue weighted by atomic mass is 32.1. The van der Waals surface area contributed by atoms with E-state index in [2.05, 4.69) is 29.5 Å². The number of urea groups is 1. The molecule has 0 saturated heterocycles. The predicted molar refractivity (Wildman–Crippen MR) is 78.5 cm³/mol. The van der Waals surface area contributed by atoms with Gasteiger partial charge in [0.15, 0.2) is 5.13 Å². The lowest BCUT2D eigenvalue weighted by Gasteiger charge is -2.18. The number of hydrogen-bond donors (Lipinski definition) is 3. The molecular formula is C13H23N3O2S. The van der Waals surface area contributed by atoms with Crippen LogP contribution in [-0.2, 0) is 6.42 Å². The Labute approximate surface area is 118 Å². The van der Waals surface area contributed by atoms with Crippen LogP contribution in [0.15, 0.2) is 6.20 Å². The Morgan fingerprint density at radius 1 is 1.42 bits per heavy atom. The summed E-state index contributed by atoms with van der Waals surface area (Å²) in [5.41, 5.74) is 0. The molecule has 0 saturated carbocycles. The molecule has 5 nitrogen and oxygen atoms in total. The number of nitrogens with zero attached hydrogens (tertiary/aromatic N) is 1. The average molecular weight is 285 g/mol. The van der Waals surface area contributed by atoms with Crippen molar-refractivity contribution in [2.45, 2.75) is 40.2 Å². The second-order valence-electron chi connectivity index (χ2n) is 5.28. The number of aromatic nitrogens is 1. The van der Waals surface area contributed by atoms with Crippen LogP contribution in [0.3, 0.4) is 0 Å². The van der Waals surface area contributed by atoms with Crippen LogP contribution in [0.2, 0.25) is 0 Å². The van der Waals surface area contributed by atoms with Crippen LogP contribution in [0.4, 0.5) is 9.93 Å². The van der Waals surface area contributed by atoms with E-state index in [4.69, 9.17) is 5.11 Å². The van der Waals surface area contributed by atoms with Gasteiger partial charge < -0.3 is 10.4 Å². The third-order valence-electron chi connectivity index (χ3n) is 2.88. The maximum Gasteiger partial charge on any atom is 0.321 e. The minimum Gasteiger partial charge on any atom is -0.396 e. The van der Waals surface area contributed by atoms with Crippen LogP contribution >= 0.6 is 11.3 Å². The van der Waals surface area contributed by atoms with E-state index < -0.39 is 0 Å². The standard InChI is InChI=1S/C13H23N3O2S/c1-8(2)5-11-6-14-13(19-11)16-12(18)15-10(4)9(3)7-17/h6,8-10,17H,5,7H2,1-4H3,(H2,14,15,16,18)/t9-,10+/m1/s1. The molecule has 0 unspecified atom stereocenters. The van der Waals surface area contributed by atoms with E-state index in [-0.39, 0.29) is 24.6 Å². The molecule has 1 aromatic heterocycles. The maximum atomic E-state index is 11.7. The first-order valence-corrected chi connectivity index (χ1v) is 7.37. The van der Waals surface area contributed by atoms with Gasteiger partial charge in [0, 0.05) is 23.7 Å². The summed E-state index contributed by atoms with van der Waals surface area (Å²) in [5.74, 6) is 0.603. The molecule has 19 heavy (non-hydrogen) atoms. The van der Waals surface area contributed by atoms with Crippen molar-refractivity contribution in [2.75, 3.05) is 11.9 Å². The number of hydrogen-bond acceptors (Lipinski definition) is 4. The maximum absolute atomic E-state index is 11.7. The summed E-state index contributed by atoms with van der Waals surface area (Å²) in [6, 6.07) is -0.363. The lowest BCUT2D eigenvalue weighted by molar-refractivity contribution is 0.204. The zero-order valence-corrected chi connectivity index (χ0v) is 12.8. The largest absolute Gasteiger partial charge is 0.396 e. The monoisotopic (exact) mass is 285 g/mol. The van der Waals surface area contributed by atoms with Gasteiger partial charge in [-0.1, -0.05) is 20.8 Å². The Hall–Kier alpha value is -1.14. The molecule has 2 atom stereocenters. The number of anilines is 1. The Morgan fingerprint density at radius 2 is 2.11 bits per heavy atom. The fourth-order valence-electron chi connectivity index (χ4n) is 1.50. The molecule has 2 amide bonds. The van der Waals surface area contributed by atoms with Crippen molar-refractivity contribution in [3.05, 3.63) is 11.1 Å². The Morgan fingerprint density at radius 3 is 2.68 bits per heavy atom. The highest BCUT2D eigenvalue weighted by Crippen LogP contribution is 2.20. The summed E-state index contributed by atoms with van der Waals surface area (Å²) in [6.07, 6.45) is 2.78. The van der Waals surface area contributed by atoms with E-state index in [1.165, 1.54) is 16.2 Å². The summed E-state index contributed by atoms with van der Waals surface area (Å²) in [6.45, 7) is 8.10. The van der Waals surface area contributed by atoms with Crippen molar-refractivity contribution in [3.8, 4) is 0 Å². The van der Waals surface area contributed by atoms with Gasteiger partial charge in [-0.05, 0) is 25.2 Å². The zero-order valence-electron chi connectivity index (χ0n) is 11.9. The van der Waals surface area contributed by atoms with Crippen molar-refractivity contribution >= 4 is 22.5 Å². The molecule has 0 aliphatic heterocycles. The Bertz CT molecular complexity index is 406. The molecule has 0 radical (unpaired) electrons. The number of thiazole rings is 1. The van der Waals surface area contributed by atoms with Crippen LogP contribution in [0.25, 0.3) is 0 Å². The van der Waals surface area contributed by atoms with Crippen molar-refractivity contribution in [2.24, 2.45) is 11.8 Å². The number of carbonyl (C=O) groups is 1. The van der Waals surface area contributed by atoms with E-state index in [9.17, 15) is 4.79 Å². The smallest absolute Gasteiger partial charge is 0.321 e. The summed E-state index contributed by atoms with van der Waals surface area (Å²) in [4.78, 5) is 17.1. The molecule has 6 heteroatoms. The number of rotatable bonds is 6. The van der Waals surface area contributed by atoms with Gasteiger partial charge in [-0.2, -0.15) is 0 Å². The number of amides is 2. The first-order chi connectivity index (χ1) is 8.92. The summed E-state index contributed by atoms with van der Waals surface area (Å²) < 4.78 is 0. The van der Waals surface area contributed by atoms with Gasteiger partial charge in [-0.15, -0.1) is 11.3 Å². The van der Waals surface area contributed by atoms with E-state index >= 15 is 0 Å². The minimum absolute atomic E-state index is 0.0264. The van der Waals surface area contributed by atoms with E-state index in [1.54, 1.807) is 6.20 Å². The Balaban J connectivity index is 2.46. The molecular weight excluding hydrogens is 262 g/mol. The molecule has 0 aromatic carbocycles. The lowest BCUT2D eigenvalue weighted by Crippen LogP contribution is -2.40. The molecule has 1 aromatic rings. The Kier molecular flexibility index (Phi) is 6.24. The van der Waals surface area contributed by atoms with Crippen LogP contribution in [-0.4, -0.2) is 28.8 Å². The summed E-state index contributed by atoms with van der Waals surface area (Å²) in [5, 5.41) is 15.1. The number of nitrogens with one attached hydrogen (secondary N) is 2. The highest BCUT2D eigenvalue weighted by molar-refractivity contribution is 7.15. The fraction of sp³-hybridized carbons (Fsp3) is 0.692. The van der Waals surface area contributed by atoms with Crippen LogP contribution in [0.1, 0.15) is 32.6 Å². The second-order valence-corrected chi connectivity index (χ2v) is 6.39. The molecule has 0 aliphatic carbocycles. The fourth-order valence-corrected chi connectivity index (χ4v) is 2.52. The molecule has 0 fully saturated rings. The van der Waals surface area contributed by atoms with Crippen LogP contribution < -0.4 is 10.6 Å². The molecule has 1 heterocycles. The van der Waals surface area contributed by atoms with Crippen molar-refractivity contribution < 1.29 is 9.90 Å². The molecule has 108 valence electrons. The van der Waals surface area contributed by atoms with Gasteiger partial charge in [0.1, 0.15) is 0 Å². The van der Waals surface area contributed by atoms with Gasteiger partial charge in [-0.3, -0.25) is 5.32 Å². The summed E-state index contributed by atoms with van der Waals surface area (Å²) >= 11 is 1.50. The lowest BCUT2D eigenvalue weighted by atomic mass is 10.1.